The summed E-state index contributed by atoms with van der Waals surface area (Å²) in [6.07, 6.45) is -1.96. The van der Waals surface area contributed by atoms with Gasteiger partial charge >= 0.3 is 120 Å². The molecule has 0 saturated carbocycles. The van der Waals surface area contributed by atoms with Crippen molar-refractivity contribution in [2.45, 2.75) is 10.9 Å². The van der Waals surface area contributed by atoms with E-state index in [4.69, 9.17) is 0 Å². The van der Waals surface area contributed by atoms with Gasteiger partial charge in [-0.25, -0.2) is 0 Å². The zero-order chi connectivity index (χ0) is 10.8. The number of Topliss-reactive ketones (excluding diaryl/α,β-unsaturated/α-hetero) is 1. The maximum atomic E-state index is 12.0. The van der Waals surface area contributed by atoms with E-state index in [-0.39, 0.29) is 3.97 Å². The van der Waals surface area contributed by atoms with Gasteiger partial charge in [-0.2, -0.15) is 0 Å². The number of carbonyl (C=O) groups is 1. The average molecular weight is 641 g/mol. The fourth-order valence-corrected chi connectivity index (χ4v) is 6.69. The first-order chi connectivity index (χ1) is 6.43. The van der Waals surface area contributed by atoms with Crippen molar-refractivity contribution < 1.29 is 4.79 Å². The minimum absolute atomic E-state index is 0.210. The van der Waals surface area contributed by atoms with E-state index >= 15 is 0 Å². The van der Waals surface area contributed by atoms with Crippen molar-refractivity contribution in [2.24, 2.45) is 0 Å². The van der Waals surface area contributed by atoms with Gasteiger partial charge in [0.15, 0.2) is 0 Å². The van der Waals surface area contributed by atoms with Crippen molar-refractivity contribution in [3.05, 3.63) is 35.9 Å². The second-order valence-electron chi connectivity index (χ2n) is 2.81. The van der Waals surface area contributed by atoms with Crippen LogP contribution in [0.15, 0.2) is 30.3 Å². The van der Waals surface area contributed by atoms with Gasteiger partial charge in [-0.05, 0) is 0 Å². The average Bonchev–Trinajstić information content (AvgIpc) is 2.15. The Balaban J connectivity index is 2.87. The molecule has 14 heavy (non-hydrogen) atoms. The van der Waals surface area contributed by atoms with Crippen LogP contribution in [0.3, 0.4) is 0 Å². The van der Waals surface area contributed by atoms with E-state index in [1.807, 2.05) is 30.3 Å². The summed E-state index contributed by atoms with van der Waals surface area (Å²) in [5.74, 6) is 0.296. The molecule has 0 aliphatic heterocycles. The molecule has 0 saturated heterocycles. The number of benzene rings is 1. The molecule has 1 unspecified atom stereocenters. The van der Waals surface area contributed by atoms with Crippen LogP contribution < -0.4 is 0 Å². The number of rotatable bonds is 3. The van der Waals surface area contributed by atoms with Crippen LogP contribution in [0.4, 0.5) is 0 Å². The summed E-state index contributed by atoms with van der Waals surface area (Å²) in [5.41, 5.74) is 0.848. The third-order valence-electron chi connectivity index (χ3n) is 1.83. The van der Waals surface area contributed by atoms with Crippen LogP contribution in [0.1, 0.15) is 17.3 Å². The topological polar surface area (TPSA) is 17.1 Å². The molecule has 0 aromatic heterocycles. The van der Waals surface area contributed by atoms with E-state index < -0.39 is 6.35 Å². The molecule has 1 nitrogen and oxygen atoms in total. The quantitative estimate of drug-likeness (QED) is 0.270. The van der Waals surface area contributed by atoms with E-state index in [2.05, 4.69) is 63.0 Å². The molecule has 1 aromatic rings. The van der Waals surface area contributed by atoms with Crippen molar-refractivity contribution >= 4 is 68.2 Å². The van der Waals surface area contributed by atoms with Crippen LogP contribution in [0.2, 0.25) is 3.97 Å². The second-order valence-corrected chi connectivity index (χ2v) is 69.2. The summed E-state index contributed by atoms with van der Waals surface area (Å²) in [6, 6.07) is 9.58. The fourth-order valence-electron chi connectivity index (χ4n) is 0.958. The standard InChI is InChI=1S/C9H9I3OTe/c1-7(14(10,11)12)9(13)8-5-3-2-4-6-8/h2-7H,1H3. The Morgan fingerprint density at radius 3 is 2.14 bits per heavy atom. The third kappa shape index (κ3) is 4.03. The van der Waals surface area contributed by atoms with Crippen LogP contribution in [0, 0.1) is 0 Å². The van der Waals surface area contributed by atoms with Gasteiger partial charge in [-0.1, -0.05) is 0 Å². The maximum absolute atomic E-state index is 12.0. The van der Waals surface area contributed by atoms with Crippen LogP contribution in [-0.4, -0.2) is 12.1 Å². The molecular weight excluding hydrogens is 632 g/mol. The Bertz CT molecular complexity index is 321. The van der Waals surface area contributed by atoms with Gasteiger partial charge in [-0.15, -0.1) is 0 Å². The molecule has 1 rings (SSSR count). The molecule has 0 bridgehead atoms. The van der Waals surface area contributed by atoms with Crippen LogP contribution in [-0.2, 0) is 0 Å². The number of carbonyl (C=O) groups excluding carboxylic acids is 1. The first kappa shape index (κ1) is 13.9. The molecule has 5 heteroatoms. The predicted molar refractivity (Wildman–Crippen MR) is 88.0 cm³/mol. The summed E-state index contributed by atoms with van der Waals surface area (Å²) in [5, 5.41) is 0. The van der Waals surface area contributed by atoms with Crippen LogP contribution in [0.5, 0.6) is 0 Å². The molecule has 0 spiro atoms. The number of halogens is 3. The molecule has 1 aromatic carbocycles. The Labute approximate surface area is 117 Å². The molecule has 1 atom stereocenters. The third-order valence-corrected chi connectivity index (χ3v) is 20.1. The summed E-state index contributed by atoms with van der Waals surface area (Å²) in [7, 11) is 0. The molecule has 0 aliphatic carbocycles. The van der Waals surface area contributed by atoms with Crippen LogP contribution in [0.25, 0.3) is 0 Å². The first-order valence-electron chi connectivity index (χ1n) is 3.93. The predicted octanol–water partition coefficient (Wildman–Crippen LogP) is 4.50. The van der Waals surface area contributed by atoms with Crippen LogP contribution >= 0.6 is 56.1 Å². The van der Waals surface area contributed by atoms with Gasteiger partial charge < -0.3 is 0 Å². The van der Waals surface area contributed by atoms with Gasteiger partial charge in [0.1, 0.15) is 0 Å². The van der Waals surface area contributed by atoms with E-state index in [0.29, 0.717) is 5.78 Å². The number of hydrogen-bond donors (Lipinski definition) is 0. The minimum atomic E-state index is -1.96. The molecule has 78 valence electrons. The summed E-state index contributed by atoms with van der Waals surface area (Å²) in [6.45, 7) is 2.06. The molecule has 0 fully saturated rings. The van der Waals surface area contributed by atoms with E-state index in [9.17, 15) is 4.79 Å². The summed E-state index contributed by atoms with van der Waals surface area (Å²) < 4.78 is 0.210. The number of hydrogen-bond acceptors (Lipinski definition) is 1. The molecule has 0 radical (unpaired) electrons. The molecule has 0 amide bonds. The van der Waals surface area contributed by atoms with Crippen molar-refractivity contribution in [1.82, 2.24) is 0 Å². The Morgan fingerprint density at radius 1 is 1.21 bits per heavy atom. The zero-order valence-electron chi connectivity index (χ0n) is 7.41. The fraction of sp³-hybridized carbons (Fsp3) is 0.222. The molecule has 0 heterocycles. The Morgan fingerprint density at radius 2 is 1.71 bits per heavy atom. The van der Waals surface area contributed by atoms with Gasteiger partial charge in [0.05, 0.1) is 0 Å². The van der Waals surface area contributed by atoms with Crippen molar-refractivity contribution in [2.75, 3.05) is 0 Å². The zero-order valence-corrected chi connectivity index (χ0v) is 16.2. The first-order valence-corrected chi connectivity index (χ1v) is 25.6. The summed E-state index contributed by atoms with van der Waals surface area (Å²) in [4.78, 5) is 12.0. The van der Waals surface area contributed by atoms with Crippen molar-refractivity contribution in [3.8, 4) is 0 Å². The molecular formula is C9H9I3OTe. The number of ketones is 1. The monoisotopic (exact) mass is 644 g/mol. The van der Waals surface area contributed by atoms with E-state index in [1.165, 1.54) is 0 Å². The van der Waals surface area contributed by atoms with Gasteiger partial charge in [0.25, 0.3) is 0 Å². The van der Waals surface area contributed by atoms with Crippen molar-refractivity contribution in [1.29, 1.82) is 0 Å². The second kappa shape index (κ2) is 5.98. The Kier molecular flexibility index (Phi) is 5.95. The van der Waals surface area contributed by atoms with Gasteiger partial charge in [0, 0.05) is 0 Å². The van der Waals surface area contributed by atoms with Crippen molar-refractivity contribution in [3.63, 3.8) is 0 Å². The summed E-state index contributed by atoms with van der Waals surface area (Å²) >= 11 is 7.46. The van der Waals surface area contributed by atoms with Gasteiger partial charge in [-0.3, -0.25) is 0 Å². The van der Waals surface area contributed by atoms with E-state index in [1.54, 1.807) is 0 Å². The SMILES string of the molecule is CC(C(=O)c1ccccc1)[Te](I)(I)I. The molecule has 0 aliphatic rings. The van der Waals surface area contributed by atoms with Gasteiger partial charge in [0.2, 0.25) is 0 Å². The normalized spacial score (nSPS) is 14.9. The Hall–Kier alpha value is 1.87. The van der Waals surface area contributed by atoms with E-state index in [0.717, 1.165) is 5.56 Å². The molecule has 0 N–H and O–H groups in total.